The van der Waals surface area contributed by atoms with Gasteiger partial charge in [-0.25, -0.2) is 0 Å². The van der Waals surface area contributed by atoms with Crippen LogP contribution in [-0.2, 0) is 21.1 Å². The Labute approximate surface area is 448 Å². The molecular formula is C69H43N5Pt. The minimum Gasteiger partial charge on any atom is -0.512 e. The number of benzene rings is 11. The molecule has 13 aromatic rings. The summed E-state index contributed by atoms with van der Waals surface area (Å²) in [5.74, 6) is 0. The standard InChI is InChI=1S/C68H43N4.CN.Pt/c1-3-20-45(21-4-1)49-34-16-36-59-55-30-11-7-26-51(55)53-28-9-13-32-57(53)61-38-18-40-63-67(61)71(65(49)59)43-69(63)47-24-15-25-48(42-47)70-44-72-66-50(46-22-5-2-6-23-46)35-17-37-60(66)56-31-12-8-27-52(56)54-29-10-14-33-58(54)62-39-19-41-64(70)68(62)72;1-2;/h1-41,43-44H;;/q-3;-1;+4. The molecule has 0 bridgehead atoms. The van der Waals surface area contributed by atoms with Crippen molar-refractivity contribution in [3.63, 3.8) is 0 Å². The Morgan fingerprint density at radius 3 is 0.893 bits per heavy atom. The van der Waals surface area contributed by atoms with E-state index >= 15 is 0 Å². The summed E-state index contributed by atoms with van der Waals surface area (Å²) in [7, 11) is 0. The second kappa shape index (κ2) is 18.5. The second-order valence-corrected chi connectivity index (χ2v) is 18.8. The summed E-state index contributed by atoms with van der Waals surface area (Å²) in [5, 5.41) is 20.6. The van der Waals surface area contributed by atoms with Crippen molar-refractivity contribution in [1.29, 1.82) is 5.26 Å². The molecule has 0 amide bonds. The number of hydrogen-bond acceptors (Lipinski definition) is 3. The summed E-state index contributed by atoms with van der Waals surface area (Å²) in [6.45, 7) is 9.33. The first kappa shape index (κ1) is 45.4. The Hall–Kier alpha value is -9.46. The van der Waals surface area contributed by atoms with E-state index < -0.39 is 0 Å². The molecule has 0 saturated carbocycles. The summed E-state index contributed by atoms with van der Waals surface area (Å²) >= 11 is 0. The minimum absolute atomic E-state index is 0. The van der Waals surface area contributed by atoms with Crippen molar-refractivity contribution in [2.45, 2.75) is 0 Å². The Balaban J connectivity index is 0.00000178. The Bertz CT molecular complexity index is 4300. The van der Waals surface area contributed by atoms with Crippen LogP contribution < -0.4 is 9.80 Å². The van der Waals surface area contributed by atoms with E-state index in [-0.39, 0.29) is 21.1 Å². The third-order valence-electron chi connectivity index (χ3n) is 14.9. The van der Waals surface area contributed by atoms with Crippen molar-refractivity contribution in [1.82, 2.24) is 9.13 Å². The number of aromatic nitrogens is 2. The van der Waals surface area contributed by atoms with Crippen LogP contribution in [0.15, 0.2) is 249 Å². The Morgan fingerprint density at radius 2 is 0.547 bits per heavy atom. The SMILES string of the molecule is [C-]#N.[Pt+4].[c-]1c(N2[CH-]n3c4c(-c5ccccc5)cccc4c4ccccc4c4ccccc4c4cccc2c43)cccc1N1[CH-]n2c3c(-c4ccccc4)cccc3c3ccccc3c3ccccc3c3cccc1c32. The van der Waals surface area contributed by atoms with E-state index in [0.717, 1.165) is 67.1 Å². The molecule has 6 heteroatoms. The van der Waals surface area contributed by atoms with Gasteiger partial charge >= 0.3 is 21.1 Å². The molecule has 0 aliphatic carbocycles. The summed E-state index contributed by atoms with van der Waals surface area (Å²) < 4.78 is 4.89. The molecule has 4 heterocycles. The largest absolute Gasteiger partial charge is 4.00 e. The van der Waals surface area contributed by atoms with Crippen molar-refractivity contribution in [3.05, 3.63) is 275 Å². The van der Waals surface area contributed by atoms with Crippen LogP contribution in [0.25, 0.3) is 109 Å². The van der Waals surface area contributed by atoms with Crippen molar-refractivity contribution < 1.29 is 21.1 Å². The average molecular weight is 1140 g/mol. The summed E-state index contributed by atoms with van der Waals surface area (Å²) in [5.41, 5.74) is 13.2. The number of nitrogens with zero attached hydrogens (tertiary/aromatic N) is 5. The van der Waals surface area contributed by atoms with Gasteiger partial charge in [-0.3, -0.25) is 0 Å². The number of fused-ring (bicyclic) bond motifs is 14. The molecule has 0 unspecified atom stereocenters. The predicted molar refractivity (Wildman–Crippen MR) is 309 cm³/mol. The maximum Gasteiger partial charge on any atom is 4.00 e. The van der Waals surface area contributed by atoms with E-state index in [9.17, 15) is 0 Å². The third-order valence-corrected chi connectivity index (χ3v) is 14.9. The molecule has 15 rings (SSSR count). The average Bonchev–Trinajstić information content (AvgIpc) is 4.12. The van der Waals surface area contributed by atoms with E-state index in [1.807, 2.05) is 0 Å². The molecule has 5 nitrogen and oxygen atoms in total. The first-order valence-electron chi connectivity index (χ1n) is 24.9. The van der Waals surface area contributed by atoms with Gasteiger partial charge in [0.1, 0.15) is 0 Å². The Morgan fingerprint density at radius 1 is 0.280 bits per heavy atom. The van der Waals surface area contributed by atoms with Crippen LogP contribution in [0.5, 0.6) is 0 Å². The third kappa shape index (κ3) is 7.10. The maximum absolute atomic E-state index is 6.25. The van der Waals surface area contributed by atoms with E-state index in [4.69, 9.17) is 11.8 Å². The molecule has 0 fully saturated rings. The first-order valence-corrected chi connectivity index (χ1v) is 24.9. The van der Waals surface area contributed by atoms with Crippen LogP contribution >= 0.6 is 0 Å². The monoisotopic (exact) mass is 1140 g/mol. The quantitative estimate of drug-likeness (QED) is 0.165. The van der Waals surface area contributed by atoms with E-state index in [1.165, 1.54) is 64.6 Å². The predicted octanol–water partition coefficient (Wildman–Crippen LogP) is 18.2. The van der Waals surface area contributed by atoms with Crippen LogP contribution in [0.4, 0.5) is 22.7 Å². The topological polar surface area (TPSA) is 40.1 Å². The zero-order chi connectivity index (χ0) is 49.3. The van der Waals surface area contributed by atoms with Gasteiger partial charge in [0.05, 0.1) is 0 Å². The molecule has 75 heavy (non-hydrogen) atoms. The second-order valence-electron chi connectivity index (χ2n) is 18.8. The number of rotatable bonds is 4. The molecule has 2 aliphatic heterocycles. The first-order chi connectivity index (χ1) is 36.8. The number of anilines is 4. The molecule has 0 saturated heterocycles. The summed E-state index contributed by atoms with van der Waals surface area (Å²) in [6.07, 6.45) is 0. The molecule has 2 aromatic heterocycles. The van der Waals surface area contributed by atoms with Crippen molar-refractivity contribution in [3.8, 4) is 22.3 Å². The van der Waals surface area contributed by atoms with E-state index in [2.05, 4.69) is 287 Å². The van der Waals surface area contributed by atoms with Crippen molar-refractivity contribution in [2.24, 2.45) is 0 Å². The van der Waals surface area contributed by atoms with Crippen LogP contribution in [0.2, 0.25) is 0 Å². The van der Waals surface area contributed by atoms with Crippen molar-refractivity contribution >= 4 is 109 Å². The fraction of sp³-hybridized carbons (Fsp3) is 0. The molecule has 0 radical (unpaired) electrons. The summed E-state index contributed by atoms with van der Waals surface area (Å²) in [4.78, 5) is 4.67. The smallest absolute Gasteiger partial charge is 0.512 e. The van der Waals surface area contributed by atoms with Gasteiger partial charge in [-0.15, -0.1) is 18.2 Å². The molecule has 2 aliphatic rings. The number of para-hydroxylation sites is 4. The van der Waals surface area contributed by atoms with Crippen molar-refractivity contribution in [2.75, 3.05) is 9.80 Å². The van der Waals surface area contributed by atoms with Gasteiger partial charge in [-0.05, 0) is 134 Å². The van der Waals surface area contributed by atoms with Gasteiger partial charge in [0.25, 0.3) is 0 Å². The van der Waals surface area contributed by atoms with Gasteiger partial charge in [-0.1, -0.05) is 230 Å². The molecule has 354 valence electrons. The van der Waals surface area contributed by atoms with Gasteiger partial charge in [0, 0.05) is 11.4 Å². The van der Waals surface area contributed by atoms with Gasteiger partial charge in [0.2, 0.25) is 0 Å². The maximum atomic E-state index is 6.25. The summed E-state index contributed by atoms with van der Waals surface area (Å²) in [6, 6.07) is 94.8. The molecule has 11 aromatic carbocycles. The Kier molecular flexibility index (Phi) is 11.2. The van der Waals surface area contributed by atoms with Crippen LogP contribution in [-0.4, -0.2) is 9.13 Å². The zero-order valence-corrected chi connectivity index (χ0v) is 42.7. The van der Waals surface area contributed by atoms with Gasteiger partial charge in [-0.2, -0.15) is 6.07 Å². The van der Waals surface area contributed by atoms with E-state index in [1.54, 1.807) is 0 Å². The molecule has 0 spiro atoms. The van der Waals surface area contributed by atoms with Gasteiger partial charge < -0.3 is 30.8 Å². The van der Waals surface area contributed by atoms with E-state index in [0.29, 0.717) is 0 Å². The fourth-order valence-corrected chi connectivity index (χ4v) is 11.9. The molecule has 0 N–H and O–H groups in total. The fourth-order valence-electron chi connectivity index (χ4n) is 11.9. The van der Waals surface area contributed by atoms with Crippen LogP contribution in [0, 0.1) is 31.2 Å². The van der Waals surface area contributed by atoms with Crippen LogP contribution in [0.1, 0.15) is 0 Å². The number of hydrogen-bond donors (Lipinski definition) is 0. The van der Waals surface area contributed by atoms with Crippen LogP contribution in [0.3, 0.4) is 0 Å². The normalized spacial score (nSPS) is 12.1. The minimum atomic E-state index is 0. The molecule has 0 atom stereocenters. The zero-order valence-electron chi connectivity index (χ0n) is 40.4. The molecular weight excluding hydrogens is 1090 g/mol. The van der Waals surface area contributed by atoms with Gasteiger partial charge in [0.15, 0.2) is 0 Å².